The molecule has 0 amide bonds. The van der Waals surface area contributed by atoms with Crippen molar-refractivity contribution in [3.63, 3.8) is 0 Å². The average Bonchev–Trinajstić information content (AvgIpc) is 2.52. The average molecular weight is 170 g/mol. The van der Waals surface area contributed by atoms with Crippen LogP contribution in [0.25, 0.3) is 0 Å². The number of rotatable bonds is 4. The van der Waals surface area contributed by atoms with Crippen LogP contribution in [-0.4, -0.2) is 11.0 Å². The van der Waals surface area contributed by atoms with E-state index in [1.165, 1.54) is 11.3 Å². The van der Waals surface area contributed by atoms with Gasteiger partial charge in [-0.2, -0.15) is 0 Å². The number of nitrogens with zero attached hydrogens (tertiary/aromatic N) is 1. The lowest BCUT2D eigenvalue weighted by atomic mass is 10.2. The van der Waals surface area contributed by atoms with Gasteiger partial charge in [-0.25, -0.2) is 0 Å². The summed E-state index contributed by atoms with van der Waals surface area (Å²) >= 11 is 1.70. The molecule has 0 saturated heterocycles. The molecular formula is C8H14N2S. The van der Waals surface area contributed by atoms with E-state index in [2.05, 4.69) is 24.1 Å². The van der Waals surface area contributed by atoms with Gasteiger partial charge in [0.15, 0.2) is 0 Å². The molecule has 3 heteroatoms. The molecular weight excluding hydrogens is 156 g/mol. The Balaban J connectivity index is 2.23. The number of hydrogen-bond acceptors (Lipinski definition) is 3. The minimum absolute atomic E-state index is 0.608. The SMILES string of the molecule is CCC(C)NCc1cncs1. The van der Waals surface area contributed by atoms with E-state index in [9.17, 15) is 0 Å². The summed E-state index contributed by atoms with van der Waals surface area (Å²) in [5.74, 6) is 0. The predicted molar refractivity (Wildman–Crippen MR) is 48.7 cm³/mol. The third-order valence-electron chi connectivity index (χ3n) is 1.72. The highest BCUT2D eigenvalue weighted by Gasteiger charge is 1.98. The third kappa shape index (κ3) is 2.99. The molecule has 0 aliphatic rings. The second-order valence-corrected chi connectivity index (χ2v) is 3.63. The smallest absolute Gasteiger partial charge is 0.0794 e. The third-order valence-corrected chi connectivity index (χ3v) is 2.50. The van der Waals surface area contributed by atoms with Gasteiger partial charge in [0.2, 0.25) is 0 Å². The first kappa shape index (κ1) is 8.68. The summed E-state index contributed by atoms with van der Waals surface area (Å²) in [5, 5.41) is 3.41. The summed E-state index contributed by atoms with van der Waals surface area (Å²) in [7, 11) is 0. The van der Waals surface area contributed by atoms with Crippen molar-refractivity contribution < 1.29 is 0 Å². The van der Waals surface area contributed by atoms with E-state index in [1.54, 1.807) is 11.3 Å². The van der Waals surface area contributed by atoms with Crippen molar-refractivity contribution >= 4 is 11.3 Å². The number of thiazole rings is 1. The van der Waals surface area contributed by atoms with E-state index >= 15 is 0 Å². The van der Waals surface area contributed by atoms with Gasteiger partial charge >= 0.3 is 0 Å². The minimum Gasteiger partial charge on any atom is -0.309 e. The van der Waals surface area contributed by atoms with Crippen LogP contribution in [0.3, 0.4) is 0 Å². The van der Waals surface area contributed by atoms with Crippen molar-refractivity contribution in [2.45, 2.75) is 32.9 Å². The molecule has 1 heterocycles. The van der Waals surface area contributed by atoms with Crippen LogP contribution in [0.5, 0.6) is 0 Å². The van der Waals surface area contributed by atoms with E-state index in [-0.39, 0.29) is 0 Å². The van der Waals surface area contributed by atoms with Crippen LogP contribution in [0.15, 0.2) is 11.7 Å². The lowest BCUT2D eigenvalue weighted by molar-refractivity contribution is 0.537. The van der Waals surface area contributed by atoms with Gasteiger partial charge < -0.3 is 5.32 Å². The van der Waals surface area contributed by atoms with Crippen molar-refractivity contribution in [3.05, 3.63) is 16.6 Å². The van der Waals surface area contributed by atoms with E-state index in [0.717, 1.165) is 6.54 Å². The molecule has 11 heavy (non-hydrogen) atoms. The van der Waals surface area contributed by atoms with Gasteiger partial charge in [0, 0.05) is 23.7 Å². The highest BCUT2D eigenvalue weighted by atomic mass is 32.1. The second kappa shape index (κ2) is 4.46. The zero-order valence-corrected chi connectivity index (χ0v) is 7.82. The molecule has 0 spiro atoms. The quantitative estimate of drug-likeness (QED) is 0.748. The van der Waals surface area contributed by atoms with Crippen molar-refractivity contribution in [2.24, 2.45) is 0 Å². The molecule has 0 aromatic carbocycles. The van der Waals surface area contributed by atoms with Crippen molar-refractivity contribution in [3.8, 4) is 0 Å². The van der Waals surface area contributed by atoms with Crippen LogP contribution in [0.2, 0.25) is 0 Å². The second-order valence-electron chi connectivity index (χ2n) is 2.66. The van der Waals surface area contributed by atoms with Gasteiger partial charge in [0.25, 0.3) is 0 Å². The topological polar surface area (TPSA) is 24.9 Å². The molecule has 0 aliphatic carbocycles. The Morgan fingerprint density at radius 2 is 2.55 bits per heavy atom. The number of nitrogens with one attached hydrogen (secondary N) is 1. The fourth-order valence-electron chi connectivity index (χ4n) is 0.749. The fourth-order valence-corrected chi connectivity index (χ4v) is 1.29. The Hall–Kier alpha value is -0.410. The van der Waals surface area contributed by atoms with Crippen LogP contribution >= 0.6 is 11.3 Å². The van der Waals surface area contributed by atoms with Gasteiger partial charge in [-0.3, -0.25) is 4.98 Å². The van der Waals surface area contributed by atoms with Crippen molar-refractivity contribution in [1.82, 2.24) is 10.3 Å². The molecule has 0 fully saturated rings. The van der Waals surface area contributed by atoms with Crippen LogP contribution < -0.4 is 5.32 Å². The van der Waals surface area contributed by atoms with Crippen LogP contribution in [-0.2, 0) is 6.54 Å². The van der Waals surface area contributed by atoms with Crippen molar-refractivity contribution in [1.29, 1.82) is 0 Å². The normalized spacial score (nSPS) is 13.3. The molecule has 0 saturated carbocycles. The van der Waals surface area contributed by atoms with Crippen molar-refractivity contribution in [2.75, 3.05) is 0 Å². The first-order chi connectivity index (χ1) is 5.33. The molecule has 1 atom stereocenters. The maximum Gasteiger partial charge on any atom is 0.0794 e. The summed E-state index contributed by atoms with van der Waals surface area (Å²) < 4.78 is 0. The molecule has 1 rings (SSSR count). The Kier molecular flexibility index (Phi) is 3.52. The lowest BCUT2D eigenvalue weighted by Gasteiger charge is -2.08. The molecule has 1 aromatic heterocycles. The number of aromatic nitrogens is 1. The maximum atomic E-state index is 4.00. The van der Waals surface area contributed by atoms with Gasteiger partial charge in [0.05, 0.1) is 5.51 Å². The minimum atomic E-state index is 0.608. The van der Waals surface area contributed by atoms with Gasteiger partial charge in [-0.1, -0.05) is 6.92 Å². The molecule has 1 aromatic rings. The van der Waals surface area contributed by atoms with Gasteiger partial charge in [0.1, 0.15) is 0 Å². The van der Waals surface area contributed by atoms with E-state index in [1.807, 2.05) is 11.7 Å². The number of hydrogen-bond donors (Lipinski definition) is 1. The highest BCUT2D eigenvalue weighted by Crippen LogP contribution is 2.04. The van der Waals surface area contributed by atoms with Crippen LogP contribution in [0.4, 0.5) is 0 Å². The van der Waals surface area contributed by atoms with E-state index in [0.29, 0.717) is 6.04 Å². The molecule has 0 bridgehead atoms. The standard InChI is InChI=1S/C8H14N2S/c1-3-7(2)10-5-8-4-9-6-11-8/h4,6-7,10H,3,5H2,1-2H3. The van der Waals surface area contributed by atoms with Crippen LogP contribution in [0.1, 0.15) is 25.1 Å². The maximum absolute atomic E-state index is 4.00. The summed E-state index contributed by atoms with van der Waals surface area (Å²) in [6.45, 7) is 5.34. The molecule has 0 aliphatic heterocycles. The zero-order chi connectivity index (χ0) is 8.10. The Morgan fingerprint density at radius 3 is 3.09 bits per heavy atom. The summed E-state index contributed by atoms with van der Waals surface area (Å²) in [6.07, 6.45) is 3.10. The molecule has 2 nitrogen and oxygen atoms in total. The molecule has 1 unspecified atom stereocenters. The van der Waals surface area contributed by atoms with Crippen LogP contribution in [0, 0.1) is 0 Å². The Morgan fingerprint density at radius 1 is 1.73 bits per heavy atom. The first-order valence-corrected chi connectivity index (χ1v) is 4.81. The molecule has 0 radical (unpaired) electrons. The fraction of sp³-hybridized carbons (Fsp3) is 0.625. The van der Waals surface area contributed by atoms with E-state index < -0.39 is 0 Å². The Labute approximate surface area is 71.7 Å². The highest BCUT2D eigenvalue weighted by molar-refractivity contribution is 7.09. The zero-order valence-electron chi connectivity index (χ0n) is 7.00. The molecule has 1 N–H and O–H groups in total. The predicted octanol–water partition coefficient (Wildman–Crippen LogP) is 2.03. The first-order valence-electron chi connectivity index (χ1n) is 3.93. The van der Waals surface area contributed by atoms with E-state index in [4.69, 9.17) is 0 Å². The monoisotopic (exact) mass is 170 g/mol. The molecule has 62 valence electrons. The summed E-state index contributed by atoms with van der Waals surface area (Å²) in [5.41, 5.74) is 1.87. The largest absolute Gasteiger partial charge is 0.309 e. The Bertz CT molecular complexity index is 184. The summed E-state index contributed by atoms with van der Waals surface area (Å²) in [4.78, 5) is 5.31. The lowest BCUT2D eigenvalue weighted by Crippen LogP contribution is -2.23. The summed E-state index contributed by atoms with van der Waals surface area (Å²) in [6, 6.07) is 0.608. The van der Waals surface area contributed by atoms with Gasteiger partial charge in [-0.15, -0.1) is 11.3 Å². The van der Waals surface area contributed by atoms with Gasteiger partial charge in [-0.05, 0) is 13.3 Å².